The van der Waals surface area contributed by atoms with Crippen LogP contribution < -0.4 is 0 Å². The highest BCUT2D eigenvalue weighted by atomic mass is 32.2. The van der Waals surface area contributed by atoms with Gasteiger partial charge in [-0.05, 0) is 30.4 Å². The number of benzene rings is 1. The maximum Gasteiger partial charge on any atom is 0.232 e. The molecule has 0 aliphatic carbocycles. The molecule has 1 aliphatic heterocycles. The Morgan fingerprint density at radius 3 is 2.65 bits per heavy atom. The quantitative estimate of drug-likeness (QED) is 0.905. The predicted molar refractivity (Wildman–Crippen MR) is 99.1 cm³/mol. The molecule has 3 nitrogen and oxygen atoms in total. The number of carbonyl (C=O) groups excluding carboxylic acids is 1. The van der Waals surface area contributed by atoms with E-state index in [4.69, 9.17) is 0 Å². The van der Waals surface area contributed by atoms with Gasteiger partial charge in [0.25, 0.3) is 0 Å². The fourth-order valence-corrected chi connectivity index (χ4v) is 3.98. The number of para-hydroxylation sites is 1. The molecule has 0 unspecified atom stereocenters. The van der Waals surface area contributed by atoms with Crippen LogP contribution >= 0.6 is 11.8 Å². The summed E-state index contributed by atoms with van der Waals surface area (Å²) in [5.74, 6) is 1.45. The molecule has 0 bridgehead atoms. The van der Waals surface area contributed by atoms with Gasteiger partial charge in [0.2, 0.25) is 5.91 Å². The van der Waals surface area contributed by atoms with Gasteiger partial charge in [0.05, 0.1) is 5.75 Å². The highest BCUT2D eigenvalue weighted by Crippen LogP contribution is 2.33. The van der Waals surface area contributed by atoms with E-state index in [1.165, 1.54) is 16.5 Å². The van der Waals surface area contributed by atoms with Gasteiger partial charge in [0.15, 0.2) is 0 Å². The third-order valence-electron chi connectivity index (χ3n) is 4.54. The van der Waals surface area contributed by atoms with Crippen LogP contribution in [0, 0.1) is 0 Å². The molecule has 1 saturated heterocycles. The first-order valence-electron chi connectivity index (χ1n) is 8.42. The molecule has 1 N–H and O–H groups in total. The summed E-state index contributed by atoms with van der Waals surface area (Å²) in [6.45, 7) is 8.25. The standard InChI is InChI=1S/C19H26N2OS/c1-19(2,3)23-13-18(22)21-10-8-14(9-11-21)16-12-20-17-7-5-4-6-15(16)17/h4-7,12,14,20H,8-11,13H2,1-3H3. The monoisotopic (exact) mass is 330 g/mol. The van der Waals surface area contributed by atoms with Crippen LogP contribution in [0.25, 0.3) is 10.9 Å². The van der Waals surface area contributed by atoms with E-state index in [0.717, 1.165) is 25.9 Å². The second-order valence-corrected chi connectivity index (χ2v) is 9.15. The Bertz CT molecular complexity index is 678. The maximum absolute atomic E-state index is 12.3. The Hall–Kier alpha value is -1.42. The molecule has 1 aliphatic rings. The van der Waals surface area contributed by atoms with Crippen molar-refractivity contribution in [2.24, 2.45) is 0 Å². The van der Waals surface area contributed by atoms with Crippen molar-refractivity contribution >= 4 is 28.6 Å². The molecule has 0 spiro atoms. The third-order valence-corrected chi connectivity index (χ3v) is 5.79. The second-order valence-electron chi connectivity index (χ2n) is 7.35. The van der Waals surface area contributed by atoms with E-state index in [1.807, 2.05) is 4.90 Å². The topological polar surface area (TPSA) is 36.1 Å². The molecule has 0 radical (unpaired) electrons. The molecule has 0 atom stereocenters. The zero-order valence-electron chi connectivity index (χ0n) is 14.3. The number of carbonyl (C=O) groups is 1. The summed E-state index contributed by atoms with van der Waals surface area (Å²) in [5, 5.41) is 1.33. The summed E-state index contributed by atoms with van der Waals surface area (Å²) in [6, 6.07) is 8.48. The molecule has 1 amide bonds. The number of thioether (sulfide) groups is 1. The SMILES string of the molecule is CC(C)(C)SCC(=O)N1CCC(c2c[nH]c3ccccc23)CC1. The highest BCUT2D eigenvalue weighted by molar-refractivity contribution is 8.01. The summed E-state index contributed by atoms with van der Waals surface area (Å²) in [4.78, 5) is 17.8. The number of fused-ring (bicyclic) bond motifs is 1. The molecule has 1 aromatic carbocycles. The highest BCUT2D eigenvalue weighted by Gasteiger charge is 2.26. The van der Waals surface area contributed by atoms with Crippen molar-refractivity contribution in [2.75, 3.05) is 18.8 Å². The average molecular weight is 330 g/mol. The fraction of sp³-hybridized carbons (Fsp3) is 0.526. The lowest BCUT2D eigenvalue weighted by Gasteiger charge is -2.32. The van der Waals surface area contributed by atoms with Gasteiger partial charge in [-0.25, -0.2) is 0 Å². The normalized spacial score (nSPS) is 16.9. The zero-order valence-corrected chi connectivity index (χ0v) is 15.1. The van der Waals surface area contributed by atoms with Crippen LogP contribution in [-0.2, 0) is 4.79 Å². The number of aromatic nitrogens is 1. The van der Waals surface area contributed by atoms with Crippen molar-refractivity contribution in [3.63, 3.8) is 0 Å². The van der Waals surface area contributed by atoms with Gasteiger partial charge in [-0.15, -0.1) is 11.8 Å². The van der Waals surface area contributed by atoms with Gasteiger partial charge >= 0.3 is 0 Å². The van der Waals surface area contributed by atoms with Crippen molar-refractivity contribution < 1.29 is 4.79 Å². The number of likely N-dealkylation sites (tertiary alicyclic amines) is 1. The molecular formula is C19H26N2OS. The molecule has 2 heterocycles. The second kappa shape index (κ2) is 6.60. The van der Waals surface area contributed by atoms with Crippen LogP contribution in [0.15, 0.2) is 30.5 Å². The maximum atomic E-state index is 12.3. The molecule has 0 saturated carbocycles. The number of H-pyrrole nitrogens is 1. The number of nitrogens with zero attached hydrogens (tertiary/aromatic N) is 1. The van der Waals surface area contributed by atoms with Gasteiger partial charge in [-0.3, -0.25) is 4.79 Å². The number of aromatic amines is 1. The Balaban J connectivity index is 1.59. The van der Waals surface area contributed by atoms with E-state index in [-0.39, 0.29) is 4.75 Å². The minimum atomic E-state index is 0.151. The minimum Gasteiger partial charge on any atom is -0.361 e. The van der Waals surface area contributed by atoms with Gasteiger partial charge in [-0.2, -0.15) is 0 Å². The lowest BCUT2D eigenvalue weighted by atomic mass is 9.89. The Labute approximate surface area is 142 Å². The summed E-state index contributed by atoms with van der Waals surface area (Å²) < 4.78 is 0.151. The zero-order chi connectivity index (χ0) is 16.4. The molecular weight excluding hydrogens is 304 g/mol. The van der Waals surface area contributed by atoms with Crippen LogP contribution in [0.2, 0.25) is 0 Å². The summed E-state index contributed by atoms with van der Waals surface area (Å²) in [5.41, 5.74) is 2.62. The van der Waals surface area contributed by atoms with E-state index in [1.54, 1.807) is 11.8 Å². The first-order chi connectivity index (χ1) is 10.9. The molecule has 3 rings (SSSR count). The Kier molecular flexibility index (Phi) is 4.72. The van der Waals surface area contributed by atoms with E-state index in [0.29, 0.717) is 17.6 Å². The summed E-state index contributed by atoms with van der Waals surface area (Å²) in [6.07, 6.45) is 4.28. The van der Waals surface area contributed by atoms with E-state index in [2.05, 4.69) is 56.2 Å². The Morgan fingerprint density at radius 1 is 1.26 bits per heavy atom. The van der Waals surface area contributed by atoms with Crippen LogP contribution in [0.4, 0.5) is 0 Å². The number of amides is 1. The van der Waals surface area contributed by atoms with Crippen LogP contribution in [-0.4, -0.2) is 39.4 Å². The molecule has 23 heavy (non-hydrogen) atoms. The van der Waals surface area contributed by atoms with Crippen LogP contribution in [0.3, 0.4) is 0 Å². The number of nitrogens with one attached hydrogen (secondary N) is 1. The van der Waals surface area contributed by atoms with Gasteiger partial charge < -0.3 is 9.88 Å². The summed E-state index contributed by atoms with van der Waals surface area (Å²) >= 11 is 1.74. The smallest absolute Gasteiger partial charge is 0.232 e. The van der Waals surface area contributed by atoms with Crippen molar-refractivity contribution in [3.8, 4) is 0 Å². The third kappa shape index (κ3) is 3.92. The lowest BCUT2D eigenvalue weighted by molar-refractivity contribution is -0.129. The number of hydrogen-bond donors (Lipinski definition) is 1. The largest absolute Gasteiger partial charge is 0.361 e. The van der Waals surface area contributed by atoms with Crippen molar-refractivity contribution in [3.05, 3.63) is 36.0 Å². The first kappa shape index (κ1) is 16.4. The molecule has 2 aromatic rings. The molecule has 124 valence electrons. The number of hydrogen-bond acceptors (Lipinski definition) is 2. The van der Waals surface area contributed by atoms with Gasteiger partial charge in [-0.1, -0.05) is 39.0 Å². The molecule has 1 aromatic heterocycles. The molecule has 1 fully saturated rings. The fourth-order valence-electron chi connectivity index (χ4n) is 3.24. The van der Waals surface area contributed by atoms with E-state index < -0.39 is 0 Å². The minimum absolute atomic E-state index is 0.151. The predicted octanol–water partition coefficient (Wildman–Crippen LogP) is 4.41. The number of rotatable bonds is 3. The van der Waals surface area contributed by atoms with E-state index in [9.17, 15) is 4.79 Å². The van der Waals surface area contributed by atoms with Gasteiger partial charge in [0, 0.05) is 34.9 Å². The van der Waals surface area contributed by atoms with Crippen LogP contribution in [0.1, 0.15) is 45.1 Å². The Morgan fingerprint density at radius 2 is 1.96 bits per heavy atom. The van der Waals surface area contributed by atoms with Crippen molar-refractivity contribution in [2.45, 2.75) is 44.3 Å². The lowest BCUT2D eigenvalue weighted by Crippen LogP contribution is -2.39. The van der Waals surface area contributed by atoms with Crippen molar-refractivity contribution in [1.29, 1.82) is 0 Å². The first-order valence-corrected chi connectivity index (χ1v) is 9.40. The molecule has 4 heteroatoms. The number of piperidine rings is 1. The van der Waals surface area contributed by atoms with E-state index >= 15 is 0 Å². The van der Waals surface area contributed by atoms with Crippen LogP contribution in [0.5, 0.6) is 0 Å². The van der Waals surface area contributed by atoms with Crippen molar-refractivity contribution in [1.82, 2.24) is 9.88 Å². The van der Waals surface area contributed by atoms with Gasteiger partial charge in [0.1, 0.15) is 0 Å². The average Bonchev–Trinajstić information content (AvgIpc) is 2.96. The summed E-state index contributed by atoms with van der Waals surface area (Å²) in [7, 11) is 0.